The molecule has 1 aromatic heterocycles. The molecule has 0 aliphatic heterocycles. The molecule has 0 amide bonds. The average Bonchev–Trinajstić information content (AvgIpc) is 3.14. The molecule has 0 spiro atoms. The van der Waals surface area contributed by atoms with Gasteiger partial charge in [-0.25, -0.2) is 0 Å². The summed E-state index contributed by atoms with van der Waals surface area (Å²) in [5, 5.41) is 8.93. The second-order valence-corrected chi connectivity index (χ2v) is 5.61. The van der Waals surface area contributed by atoms with Crippen molar-refractivity contribution in [3.8, 4) is 34.2 Å². The maximum absolute atomic E-state index is 5.25. The van der Waals surface area contributed by atoms with E-state index in [1.807, 2.05) is 72.8 Å². The third-order valence-corrected chi connectivity index (χ3v) is 4.06. The van der Waals surface area contributed by atoms with E-state index in [9.17, 15) is 0 Å². The summed E-state index contributed by atoms with van der Waals surface area (Å²) in [6.45, 7) is 0. The van der Waals surface area contributed by atoms with Crippen LogP contribution in [0.25, 0.3) is 28.5 Å². The molecule has 0 N–H and O–H groups in total. The van der Waals surface area contributed by atoms with E-state index in [0.717, 1.165) is 34.2 Å². The molecule has 0 atom stereocenters. The lowest BCUT2D eigenvalue weighted by atomic mass is 10.1. The van der Waals surface area contributed by atoms with Gasteiger partial charge in [-0.2, -0.15) is 0 Å². The highest BCUT2D eigenvalue weighted by Crippen LogP contribution is 2.29. The van der Waals surface area contributed by atoms with E-state index in [1.54, 1.807) is 7.11 Å². The molecule has 122 valence electrons. The van der Waals surface area contributed by atoms with Crippen LogP contribution in [0.3, 0.4) is 0 Å². The van der Waals surface area contributed by atoms with Crippen molar-refractivity contribution in [1.29, 1.82) is 0 Å². The van der Waals surface area contributed by atoms with E-state index in [0.29, 0.717) is 0 Å². The molecule has 0 aliphatic rings. The summed E-state index contributed by atoms with van der Waals surface area (Å²) in [5.74, 6) is 2.43. The molecule has 4 heteroatoms. The second kappa shape index (κ2) is 6.61. The highest BCUT2D eigenvalue weighted by atomic mass is 16.5. The predicted octanol–water partition coefficient (Wildman–Crippen LogP) is 4.61. The molecule has 25 heavy (non-hydrogen) atoms. The van der Waals surface area contributed by atoms with Gasteiger partial charge in [0.25, 0.3) is 0 Å². The predicted molar refractivity (Wildman–Crippen MR) is 98.8 cm³/mol. The van der Waals surface area contributed by atoms with Gasteiger partial charge in [-0.05, 0) is 36.4 Å². The fourth-order valence-corrected chi connectivity index (χ4v) is 2.81. The van der Waals surface area contributed by atoms with Crippen molar-refractivity contribution in [1.82, 2.24) is 14.8 Å². The van der Waals surface area contributed by atoms with Crippen molar-refractivity contribution in [2.24, 2.45) is 0 Å². The van der Waals surface area contributed by atoms with Gasteiger partial charge in [0, 0.05) is 16.8 Å². The third-order valence-electron chi connectivity index (χ3n) is 4.06. The molecular formula is C21H17N3O. The Bertz CT molecular complexity index is 961. The summed E-state index contributed by atoms with van der Waals surface area (Å²) in [5.41, 5.74) is 3.04. The summed E-state index contributed by atoms with van der Waals surface area (Å²) in [6, 6.07) is 28.1. The van der Waals surface area contributed by atoms with Gasteiger partial charge in [0.2, 0.25) is 0 Å². The molecule has 0 unspecified atom stereocenters. The van der Waals surface area contributed by atoms with Gasteiger partial charge in [0.05, 0.1) is 7.11 Å². The molecule has 3 aromatic carbocycles. The van der Waals surface area contributed by atoms with Crippen LogP contribution in [0, 0.1) is 0 Å². The van der Waals surface area contributed by atoms with Crippen LogP contribution in [0.2, 0.25) is 0 Å². The van der Waals surface area contributed by atoms with Gasteiger partial charge in [-0.1, -0.05) is 48.5 Å². The van der Waals surface area contributed by atoms with Crippen LogP contribution in [0.5, 0.6) is 5.75 Å². The van der Waals surface area contributed by atoms with Crippen LogP contribution < -0.4 is 4.74 Å². The number of rotatable bonds is 4. The largest absolute Gasteiger partial charge is 0.497 e. The van der Waals surface area contributed by atoms with Gasteiger partial charge in [0.1, 0.15) is 5.75 Å². The first kappa shape index (κ1) is 15.1. The highest BCUT2D eigenvalue weighted by Gasteiger charge is 2.16. The molecule has 4 rings (SSSR count). The Labute approximate surface area is 146 Å². The maximum Gasteiger partial charge on any atom is 0.168 e. The van der Waals surface area contributed by atoms with Gasteiger partial charge in [-0.3, -0.25) is 4.57 Å². The molecule has 0 saturated heterocycles. The number of nitrogens with zero attached hydrogens (tertiary/aromatic N) is 3. The molecule has 0 bridgehead atoms. The van der Waals surface area contributed by atoms with E-state index < -0.39 is 0 Å². The Kier molecular flexibility index (Phi) is 4.01. The molecule has 0 fully saturated rings. The Morgan fingerprint density at radius 3 is 1.72 bits per heavy atom. The Hall–Kier alpha value is -3.40. The van der Waals surface area contributed by atoms with Crippen LogP contribution in [-0.2, 0) is 0 Å². The monoisotopic (exact) mass is 327 g/mol. The summed E-state index contributed by atoms with van der Waals surface area (Å²) >= 11 is 0. The molecule has 0 radical (unpaired) electrons. The van der Waals surface area contributed by atoms with Crippen molar-refractivity contribution < 1.29 is 4.74 Å². The quantitative estimate of drug-likeness (QED) is 0.549. The van der Waals surface area contributed by atoms with Gasteiger partial charge in [-0.15, -0.1) is 10.2 Å². The standard InChI is InChI=1S/C21H17N3O/c1-25-19-14-12-17(13-15-19)21-23-22-20(16-8-4-2-5-9-16)24(21)18-10-6-3-7-11-18/h2-15H,1H3. The molecule has 0 aliphatic carbocycles. The SMILES string of the molecule is COc1ccc(-c2nnc(-c3ccccc3)n2-c2ccccc2)cc1. The number of aromatic nitrogens is 3. The first-order chi connectivity index (χ1) is 12.4. The van der Waals surface area contributed by atoms with Crippen LogP contribution >= 0.6 is 0 Å². The topological polar surface area (TPSA) is 39.9 Å². The minimum absolute atomic E-state index is 0.799. The third kappa shape index (κ3) is 2.90. The zero-order valence-corrected chi connectivity index (χ0v) is 13.8. The van der Waals surface area contributed by atoms with Crippen LogP contribution in [-0.4, -0.2) is 21.9 Å². The minimum Gasteiger partial charge on any atom is -0.497 e. The number of para-hydroxylation sites is 1. The van der Waals surface area contributed by atoms with Gasteiger partial charge < -0.3 is 4.74 Å². The number of benzene rings is 3. The van der Waals surface area contributed by atoms with Crippen LogP contribution in [0.4, 0.5) is 0 Å². The highest BCUT2D eigenvalue weighted by molar-refractivity contribution is 5.67. The molecule has 4 aromatic rings. The first-order valence-electron chi connectivity index (χ1n) is 8.07. The van der Waals surface area contributed by atoms with E-state index in [2.05, 4.69) is 26.9 Å². The van der Waals surface area contributed by atoms with Crippen molar-refractivity contribution in [2.45, 2.75) is 0 Å². The average molecular weight is 327 g/mol. The van der Waals surface area contributed by atoms with E-state index in [4.69, 9.17) is 4.74 Å². The fraction of sp³-hybridized carbons (Fsp3) is 0.0476. The number of methoxy groups -OCH3 is 1. The second-order valence-electron chi connectivity index (χ2n) is 5.61. The zero-order valence-electron chi connectivity index (χ0n) is 13.8. The summed E-state index contributed by atoms with van der Waals surface area (Å²) in [7, 11) is 1.66. The van der Waals surface area contributed by atoms with Crippen LogP contribution in [0.1, 0.15) is 0 Å². The number of ether oxygens (including phenoxy) is 1. The normalized spacial score (nSPS) is 10.6. The fourth-order valence-electron chi connectivity index (χ4n) is 2.81. The summed E-state index contributed by atoms with van der Waals surface area (Å²) in [4.78, 5) is 0. The van der Waals surface area contributed by atoms with Crippen molar-refractivity contribution in [2.75, 3.05) is 7.11 Å². The van der Waals surface area contributed by atoms with Crippen molar-refractivity contribution >= 4 is 0 Å². The van der Waals surface area contributed by atoms with E-state index in [-0.39, 0.29) is 0 Å². The molecular weight excluding hydrogens is 310 g/mol. The van der Waals surface area contributed by atoms with Gasteiger partial charge >= 0.3 is 0 Å². The molecule has 0 saturated carbocycles. The lowest BCUT2D eigenvalue weighted by molar-refractivity contribution is 0.415. The first-order valence-corrected chi connectivity index (χ1v) is 8.07. The summed E-state index contributed by atoms with van der Waals surface area (Å²) in [6.07, 6.45) is 0. The van der Waals surface area contributed by atoms with Crippen LogP contribution in [0.15, 0.2) is 84.9 Å². The lowest BCUT2D eigenvalue weighted by Crippen LogP contribution is -2.00. The Morgan fingerprint density at radius 1 is 0.640 bits per heavy atom. The molecule has 1 heterocycles. The zero-order chi connectivity index (χ0) is 17.1. The smallest absolute Gasteiger partial charge is 0.168 e. The van der Waals surface area contributed by atoms with Crippen molar-refractivity contribution in [3.63, 3.8) is 0 Å². The Balaban J connectivity index is 1.91. The summed E-state index contributed by atoms with van der Waals surface area (Å²) < 4.78 is 7.33. The Morgan fingerprint density at radius 2 is 1.16 bits per heavy atom. The van der Waals surface area contributed by atoms with Gasteiger partial charge in [0.15, 0.2) is 11.6 Å². The minimum atomic E-state index is 0.799. The maximum atomic E-state index is 5.25. The number of hydrogen-bond donors (Lipinski definition) is 0. The van der Waals surface area contributed by atoms with E-state index >= 15 is 0 Å². The lowest BCUT2D eigenvalue weighted by Gasteiger charge is -2.11. The number of hydrogen-bond acceptors (Lipinski definition) is 3. The molecule has 4 nitrogen and oxygen atoms in total. The van der Waals surface area contributed by atoms with E-state index in [1.165, 1.54) is 0 Å². The van der Waals surface area contributed by atoms with Crippen molar-refractivity contribution in [3.05, 3.63) is 84.9 Å².